The van der Waals surface area contributed by atoms with Gasteiger partial charge in [0.2, 0.25) is 0 Å². The van der Waals surface area contributed by atoms with E-state index in [0.29, 0.717) is 22.7 Å². The molecule has 1 amide bonds. The van der Waals surface area contributed by atoms with E-state index in [1.807, 2.05) is 30.3 Å². The molecule has 2 aromatic rings. The zero-order chi connectivity index (χ0) is 17.6. The van der Waals surface area contributed by atoms with Crippen LogP contribution in [0.2, 0.25) is 0 Å². The van der Waals surface area contributed by atoms with E-state index in [0.717, 1.165) is 18.8 Å². The number of carbonyl (C=O) groups is 1. The van der Waals surface area contributed by atoms with Crippen LogP contribution in [-0.4, -0.2) is 33.2 Å². The number of amides is 1. The minimum atomic E-state index is -0.216. The van der Waals surface area contributed by atoms with Gasteiger partial charge in [0, 0.05) is 18.8 Å². The van der Waals surface area contributed by atoms with E-state index in [9.17, 15) is 4.79 Å². The number of rotatable bonds is 5. The molecule has 1 heterocycles. The first-order valence-electron chi connectivity index (χ1n) is 8.60. The van der Waals surface area contributed by atoms with Crippen LogP contribution in [0, 0.1) is 0 Å². The van der Waals surface area contributed by atoms with Crippen molar-refractivity contribution in [3.8, 4) is 11.5 Å². The molecule has 0 aliphatic carbocycles. The largest absolute Gasteiger partial charge is 0.496 e. The SMILES string of the molecule is COc1ccc(N2CCCCC2)cc1NC(=O)c1ccccc1OC. The molecule has 0 saturated carbocycles. The summed E-state index contributed by atoms with van der Waals surface area (Å²) in [5, 5.41) is 2.96. The first-order valence-corrected chi connectivity index (χ1v) is 8.60. The highest BCUT2D eigenvalue weighted by Crippen LogP contribution is 2.32. The van der Waals surface area contributed by atoms with E-state index in [4.69, 9.17) is 9.47 Å². The van der Waals surface area contributed by atoms with Gasteiger partial charge in [-0.2, -0.15) is 0 Å². The lowest BCUT2D eigenvalue weighted by Gasteiger charge is -2.29. The van der Waals surface area contributed by atoms with Gasteiger partial charge in [0.05, 0.1) is 25.5 Å². The number of hydrogen-bond donors (Lipinski definition) is 1. The van der Waals surface area contributed by atoms with Crippen LogP contribution in [0.15, 0.2) is 42.5 Å². The van der Waals surface area contributed by atoms with Gasteiger partial charge in [-0.3, -0.25) is 4.79 Å². The maximum Gasteiger partial charge on any atom is 0.259 e. The number of carbonyl (C=O) groups excluding carboxylic acids is 1. The molecule has 25 heavy (non-hydrogen) atoms. The monoisotopic (exact) mass is 340 g/mol. The Morgan fingerprint density at radius 2 is 1.68 bits per heavy atom. The molecule has 0 unspecified atom stereocenters. The molecule has 1 saturated heterocycles. The van der Waals surface area contributed by atoms with Gasteiger partial charge in [0.15, 0.2) is 0 Å². The van der Waals surface area contributed by atoms with Gasteiger partial charge in [0.1, 0.15) is 11.5 Å². The number of nitrogens with one attached hydrogen (secondary N) is 1. The van der Waals surface area contributed by atoms with E-state index in [1.54, 1.807) is 26.4 Å². The Hall–Kier alpha value is -2.69. The lowest BCUT2D eigenvalue weighted by atomic mass is 10.1. The maximum atomic E-state index is 12.7. The van der Waals surface area contributed by atoms with Crippen molar-refractivity contribution in [3.63, 3.8) is 0 Å². The van der Waals surface area contributed by atoms with Crippen molar-refractivity contribution < 1.29 is 14.3 Å². The molecule has 0 atom stereocenters. The molecule has 0 aromatic heterocycles. The summed E-state index contributed by atoms with van der Waals surface area (Å²) in [4.78, 5) is 15.0. The van der Waals surface area contributed by atoms with Crippen molar-refractivity contribution in [3.05, 3.63) is 48.0 Å². The fourth-order valence-electron chi connectivity index (χ4n) is 3.16. The Morgan fingerprint density at radius 1 is 0.960 bits per heavy atom. The van der Waals surface area contributed by atoms with Crippen LogP contribution in [-0.2, 0) is 0 Å². The van der Waals surface area contributed by atoms with Gasteiger partial charge in [-0.15, -0.1) is 0 Å². The molecule has 132 valence electrons. The van der Waals surface area contributed by atoms with Crippen molar-refractivity contribution in [2.24, 2.45) is 0 Å². The highest BCUT2D eigenvalue weighted by molar-refractivity contribution is 6.07. The quantitative estimate of drug-likeness (QED) is 0.895. The third kappa shape index (κ3) is 3.87. The Balaban J connectivity index is 1.86. The summed E-state index contributed by atoms with van der Waals surface area (Å²) in [6, 6.07) is 13.1. The Kier molecular flexibility index (Phi) is 5.43. The van der Waals surface area contributed by atoms with Gasteiger partial charge >= 0.3 is 0 Å². The number of ether oxygens (including phenoxy) is 2. The summed E-state index contributed by atoms with van der Waals surface area (Å²) >= 11 is 0. The Bertz CT molecular complexity index is 739. The summed E-state index contributed by atoms with van der Waals surface area (Å²) in [6.07, 6.45) is 3.69. The second-order valence-electron chi connectivity index (χ2n) is 6.09. The lowest BCUT2D eigenvalue weighted by molar-refractivity contribution is 0.102. The highest BCUT2D eigenvalue weighted by atomic mass is 16.5. The minimum Gasteiger partial charge on any atom is -0.496 e. The second-order valence-corrected chi connectivity index (χ2v) is 6.09. The molecule has 5 heteroatoms. The minimum absolute atomic E-state index is 0.216. The van der Waals surface area contributed by atoms with Gasteiger partial charge in [0.25, 0.3) is 5.91 Å². The first kappa shape index (κ1) is 17.1. The topological polar surface area (TPSA) is 50.8 Å². The first-order chi connectivity index (χ1) is 12.2. The van der Waals surface area contributed by atoms with E-state index in [2.05, 4.69) is 10.2 Å². The molecule has 1 aliphatic heterocycles. The van der Waals surface area contributed by atoms with Gasteiger partial charge in [-0.25, -0.2) is 0 Å². The van der Waals surface area contributed by atoms with E-state index >= 15 is 0 Å². The molecule has 5 nitrogen and oxygen atoms in total. The molecule has 0 spiro atoms. The molecular weight excluding hydrogens is 316 g/mol. The van der Waals surface area contributed by atoms with Crippen molar-refractivity contribution in [1.29, 1.82) is 0 Å². The fourth-order valence-corrected chi connectivity index (χ4v) is 3.16. The average molecular weight is 340 g/mol. The van der Waals surface area contributed by atoms with E-state index in [1.165, 1.54) is 19.3 Å². The third-order valence-corrected chi connectivity index (χ3v) is 4.50. The predicted molar refractivity (Wildman–Crippen MR) is 100 cm³/mol. The fraction of sp³-hybridized carbons (Fsp3) is 0.350. The van der Waals surface area contributed by atoms with E-state index < -0.39 is 0 Å². The van der Waals surface area contributed by atoms with E-state index in [-0.39, 0.29) is 5.91 Å². The van der Waals surface area contributed by atoms with Crippen molar-refractivity contribution in [1.82, 2.24) is 0 Å². The Morgan fingerprint density at radius 3 is 2.40 bits per heavy atom. The molecule has 1 fully saturated rings. The number of anilines is 2. The summed E-state index contributed by atoms with van der Waals surface area (Å²) in [5.41, 5.74) is 2.27. The lowest BCUT2D eigenvalue weighted by Crippen LogP contribution is -2.29. The Labute approximate surface area is 148 Å². The van der Waals surface area contributed by atoms with Crippen LogP contribution in [0.25, 0.3) is 0 Å². The number of benzene rings is 2. The zero-order valence-corrected chi connectivity index (χ0v) is 14.7. The smallest absolute Gasteiger partial charge is 0.259 e. The molecule has 0 radical (unpaired) electrons. The second kappa shape index (κ2) is 7.92. The van der Waals surface area contributed by atoms with Crippen LogP contribution in [0.1, 0.15) is 29.6 Å². The van der Waals surface area contributed by atoms with Crippen LogP contribution in [0.4, 0.5) is 11.4 Å². The van der Waals surface area contributed by atoms with Gasteiger partial charge < -0.3 is 19.7 Å². The molecule has 1 N–H and O–H groups in total. The summed E-state index contributed by atoms with van der Waals surface area (Å²) in [6.45, 7) is 2.10. The highest BCUT2D eigenvalue weighted by Gasteiger charge is 2.17. The number of nitrogens with zero attached hydrogens (tertiary/aromatic N) is 1. The number of para-hydroxylation sites is 1. The third-order valence-electron chi connectivity index (χ3n) is 4.50. The number of methoxy groups -OCH3 is 2. The average Bonchev–Trinajstić information content (AvgIpc) is 2.68. The molecular formula is C20H24N2O3. The molecule has 1 aliphatic rings. The van der Waals surface area contributed by atoms with Gasteiger partial charge in [-0.05, 0) is 49.6 Å². The normalized spacial score (nSPS) is 14.1. The van der Waals surface area contributed by atoms with Crippen molar-refractivity contribution in [2.45, 2.75) is 19.3 Å². The van der Waals surface area contributed by atoms with Crippen LogP contribution in [0.5, 0.6) is 11.5 Å². The summed E-state index contributed by atoms with van der Waals surface area (Å²) in [7, 11) is 3.17. The zero-order valence-electron chi connectivity index (χ0n) is 14.7. The molecule has 0 bridgehead atoms. The van der Waals surface area contributed by atoms with Crippen LogP contribution in [0.3, 0.4) is 0 Å². The van der Waals surface area contributed by atoms with Crippen LogP contribution < -0.4 is 19.7 Å². The van der Waals surface area contributed by atoms with Gasteiger partial charge in [-0.1, -0.05) is 12.1 Å². The standard InChI is InChI=1S/C20H24N2O3/c1-24-18-9-5-4-8-16(18)20(23)21-17-14-15(10-11-19(17)25-2)22-12-6-3-7-13-22/h4-5,8-11,14H,3,6-7,12-13H2,1-2H3,(H,21,23). The number of hydrogen-bond acceptors (Lipinski definition) is 4. The van der Waals surface area contributed by atoms with Crippen molar-refractivity contribution in [2.75, 3.05) is 37.5 Å². The van der Waals surface area contributed by atoms with Crippen LogP contribution >= 0.6 is 0 Å². The van der Waals surface area contributed by atoms with Crippen molar-refractivity contribution >= 4 is 17.3 Å². The molecule has 3 rings (SSSR count). The number of piperidine rings is 1. The molecule has 2 aromatic carbocycles. The summed E-state index contributed by atoms with van der Waals surface area (Å²) < 4.78 is 10.7. The maximum absolute atomic E-state index is 12.7. The summed E-state index contributed by atoms with van der Waals surface area (Å²) in [5.74, 6) is 0.974. The predicted octanol–water partition coefficient (Wildman–Crippen LogP) is 3.95.